The van der Waals surface area contributed by atoms with Gasteiger partial charge in [0.05, 0.1) is 0 Å². The second-order valence-corrected chi connectivity index (χ2v) is 5.37. The molecule has 112 valence electrons. The maximum Gasteiger partial charge on any atom is 0.227 e. The zero-order valence-corrected chi connectivity index (χ0v) is 12.7. The molecule has 1 heterocycles. The van der Waals surface area contributed by atoms with E-state index in [9.17, 15) is 4.79 Å². The molecule has 0 radical (unpaired) electrons. The number of hydrogen-bond donors (Lipinski definition) is 1. The molecule has 1 N–H and O–H groups in total. The Balaban J connectivity index is 1.92. The van der Waals surface area contributed by atoms with Crippen molar-refractivity contribution in [3.8, 4) is 11.5 Å². The third-order valence-corrected chi connectivity index (χ3v) is 3.41. The summed E-state index contributed by atoms with van der Waals surface area (Å²) in [6, 6.07) is 13.5. The average Bonchev–Trinajstić information content (AvgIpc) is 2.90. The highest BCUT2D eigenvalue weighted by Crippen LogP contribution is 2.26. The van der Waals surface area contributed by atoms with Gasteiger partial charge < -0.3 is 9.73 Å². The first-order valence-corrected chi connectivity index (χ1v) is 7.43. The number of amides is 1. The smallest absolute Gasteiger partial charge is 0.227 e. The first kappa shape index (κ1) is 14.3. The molecule has 4 nitrogen and oxygen atoms in total. The molecule has 1 aromatic heterocycles. The molecular weight excluding hydrogens is 276 g/mol. The molecule has 0 spiro atoms. The van der Waals surface area contributed by atoms with Gasteiger partial charge in [-0.3, -0.25) is 4.79 Å². The number of rotatable bonds is 4. The minimum absolute atomic E-state index is 0.0141. The molecule has 0 fully saturated rings. The standard InChI is InChI=1S/C18H18N2O2/c1-3-5-17(21)19-14-8-9-15-16(11-14)22-18(20-15)13-7-4-6-12(2)10-13/h4,6-11H,3,5H2,1-2H3,(H,19,21). The van der Waals surface area contributed by atoms with Crippen molar-refractivity contribution >= 4 is 22.7 Å². The van der Waals surface area contributed by atoms with Crippen LogP contribution < -0.4 is 5.32 Å². The number of nitrogens with one attached hydrogen (secondary N) is 1. The van der Waals surface area contributed by atoms with Crippen LogP contribution >= 0.6 is 0 Å². The van der Waals surface area contributed by atoms with Gasteiger partial charge in [-0.1, -0.05) is 24.6 Å². The van der Waals surface area contributed by atoms with Crippen molar-refractivity contribution < 1.29 is 9.21 Å². The van der Waals surface area contributed by atoms with Gasteiger partial charge in [-0.25, -0.2) is 4.98 Å². The zero-order valence-electron chi connectivity index (χ0n) is 12.7. The first-order valence-electron chi connectivity index (χ1n) is 7.43. The van der Waals surface area contributed by atoms with Crippen molar-refractivity contribution in [3.63, 3.8) is 0 Å². The number of nitrogens with zero attached hydrogens (tertiary/aromatic N) is 1. The van der Waals surface area contributed by atoms with E-state index < -0.39 is 0 Å². The van der Waals surface area contributed by atoms with Crippen LogP contribution in [0.4, 0.5) is 5.69 Å². The lowest BCUT2D eigenvalue weighted by molar-refractivity contribution is -0.116. The van der Waals surface area contributed by atoms with Gasteiger partial charge in [-0.15, -0.1) is 0 Å². The minimum atomic E-state index is 0.0141. The van der Waals surface area contributed by atoms with Crippen molar-refractivity contribution in [1.82, 2.24) is 4.98 Å². The number of fused-ring (bicyclic) bond motifs is 1. The van der Waals surface area contributed by atoms with Gasteiger partial charge in [0, 0.05) is 23.7 Å². The summed E-state index contributed by atoms with van der Waals surface area (Å²) in [7, 11) is 0. The highest BCUT2D eigenvalue weighted by molar-refractivity contribution is 5.92. The largest absolute Gasteiger partial charge is 0.436 e. The second-order valence-electron chi connectivity index (χ2n) is 5.37. The molecule has 2 aromatic carbocycles. The zero-order chi connectivity index (χ0) is 15.5. The number of hydrogen-bond acceptors (Lipinski definition) is 3. The number of carbonyl (C=O) groups is 1. The van der Waals surface area contributed by atoms with Crippen LogP contribution in [0.15, 0.2) is 46.9 Å². The van der Waals surface area contributed by atoms with Crippen molar-refractivity contribution in [2.75, 3.05) is 5.32 Å². The van der Waals surface area contributed by atoms with E-state index in [1.54, 1.807) is 0 Å². The monoisotopic (exact) mass is 294 g/mol. The lowest BCUT2D eigenvalue weighted by atomic mass is 10.1. The highest BCUT2D eigenvalue weighted by Gasteiger charge is 2.10. The topological polar surface area (TPSA) is 55.1 Å². The lowest BCUT2D eigenvalue weighted by Gasteiger charge is -2.02. The van der Waals surface area contributed by atoms with E-state index in [0.29, 0.717) is 17.9 Å². The SMILES string of the molecule is CCCC(=O)Nc1ccc2nc(-c3cccc(C)c3)oc2c1. The molecule has 0 unspecified atom stereocenters. The van der Waals surface area contributed by atoms with Crippen LogP contribution in [0.5, 0.6) is 0 Å². The maximum absolute atomic E-state index is 11.7. The van der Waals surface area contributed by atoms with E-state index in [4.69, 9.17) is 4.42 Å². The summed E-state index contributed by atoms with van der Waals surface area (Å²) in [4.78, 5) is 16.2. The predicted molar refractivity (Wildman–Crippen MR) is 87.7 cm³/mol. The number of aromatic nitrogens is 1. The summed E-state index contributed by atoms with van der Waals surface area (Å²) in [6.45, 7) is 4.01. The van der Waals surface area contributed by atoms with Crippen molar-refractivity contribution in [3.05, 3.63) is 48.0 Å². The van der Waals surface area contributed by atoms with E-state index in [-0.39, 0.29) is 5.91 Å². The Hall–Kier alpha value is -2.62. The Labute approximate surface area is 129 Å². The van der Waals surface area contributed by atoms with Gasteiger partial charge in [0.2, 0.25) is 11.8 Å². The van der Waals surface area contributed by atoms with Crippen LogP contribution in [0, 0.1) is 6.92 Å². The molecule has 0 bridgehead atoms. The quantitative estimate of drug-likeness (QED) is 0.768. The molecular formula is C18H18N2O2. The minimum Gasteiger partial charge on any atom is -0.436 e. The summed E-state index contributed by atoms with van der Waals surface area (Å²) in [5.74, 6) is 0.607. The molecule has 3 rings (SSSR count). The molecule has 0 aliphatic rings. The van der Waals surface area contributed by atoms with Crippen LogP contribution in [0.2, 0.25) is 0 Å². The Morgan fingerprint density at radius 3 is 2.86 bits per heavy atom. The Kier molecular flexibility index (Phi) is 3.92. The number of aryl methyl sites for hydroxylation is 1. The van der Waals surface area contributed by atoms with E-state index >= 15 is 0 Å². The van der Waals surface area contributed by atoms with Crippen LogP contribution in [0.3, 0.4) is 0 Å². The molecule has 1 amide bonds. The number of anilines is 1. The number of oxazole rings is 1. The first-order chi connectivity index (χ1) is 10.7. The molecule has 22 heavy (non-hydrogen) atoms. The summed E-state index contributed by atoms with van der Waals surface area (Å²) < 4.78 is 5.83. The van der Waals surface area contributed by atoms with Gasteiger partial charge in [0.1, 0.15) is 5.52 Å². The van der Waals surface area contributed by atoms with Gasteiger partial charge in [-0.05, 0) is 37.6 Å². The average molecular weight is 294 g/mol. The number of benzene rings is 2. The number of carbonyl (C=O) groups excluding carboxylic acids is 1. The van der Waals surface area contributed by atoms with Gasteiger partial charge >= 0.3 is 0 Å². The summed E-state index contributed by atoms with van der Waals surface area (Å²) in [5.41, 5.74) is 4.30. The fraction of sp³-hybridized carbons (Fsp3) is 0.222. The molecule has 0 saturated heterocycles. The van der Waals surface area contributed by atoms with Gasteiger partial charge in [0.25, 0.3) is 0 Å². The highest BCUT2D eigenvalue weighted by atomic mass is 16.3. The molecule has 3 aromatic rings. The normalized spacial score (nSPS) is 10.8. The molecule has 0 atom stereocenters. The fourth-order valence-electron chi connectivity index (χ4n) is 2.35. The van der Waals surface area contributed by atoms with Crippen LogP contribution in [-0.4, -0.2) is 10.9 Å². The second kappa shape index (κ2) is 6.02. The Morgan fingerprint density at radius 1 is 1.23 bits per heavy atom. The van der Waals surface area contributed by atoms with Crippen molar-refractivity contribution in [1.29, 1.82) is 0 Å². The van der Waals surface area contributed by atoms with E-state index in [0.717, 1.165) is 28.8 Å². The molecule has 0 saturated carbocycles. The maximum atomic E-state index is 11.7. The molecule has 0 aliphatic heterocycles. The Bertz CT molecular complexity index is 821. The van der Waals surface area contributed by atoms with Crippen LogP contribution in [0.1, 0.15) is 25.3 Å². The van der Waals surface area contributed by atoms with E-state index in [2.05, 4.69) is 10.3 Å². The summed E-state index contributed by atoms with van der Waals surface area (Å²) in [5, 5.41) is 2.87. The van der Waals surface area contributed by atoms with Gasteiger partial charge in [0.15, 0.2) is 5.58 Å². The van der Waals surface area contributed by atoms with Crippen molar-refractivity contribution in [2.24, 2.45) is 0 Å². The van der Waals surface area contributed by atoms with Gasteiger partial charge in [-0.2, -0.15) is 0 Å². The third kappa shape index (κ3) is 3.01. The van der Waals surface area contributed by atoms with E-state index in [1.165, 1.54) is 0 Å². The van der Waals surface area contributed by atoms with Crippen LogP contribution in [0.25, 0.3) is 22.6 Å². The predicted octanol–water partition coefficient (Wildman–Crippen LogP) is 4.54. The lowest BCUT2D eigenvalue weighted by Crippen LogP contribution is -2.10. The molecule has 0 aliphatic carbocycles. The fourth-order valence-corrected chi connectivity index (χ4v) is 2.35. The Morgan fingerprint density at radius 2 is 2.09 bits per heavy atom. The van der Waals surface area contributed by atoms with Crippen molar-refractivity contribution in [2.45, 2.75) is 26.7 Å². The third-order valence-electron chi connectivity index (χ3n) is 3.41. The van der Waals surface area contributed by atoms with Crippen LogP contribution in [-0.2, 0) is 4.79 Å². The summed E-state index contributed by atoms with van der Waals surface area (Å²) in [6.07, 6.45) is 1.34. The molecule has 4 heteroatoms. The summed E-state index contributed by atoms with van der Waals surface area (Å²) >= 11 is 0. The van der Waals surface area contributed by atoms with E-state index in [1.807, 2.05) is 56.3 Å².